The van der Waals surface area contributed by atoms with Crippen molar-refractivity contribution >= 4 is 15.9 Å². The Morgan fingerprint density at radius 1 is 1.07 bits per heavy atom. The largest absolute Gasteiger partial charge is 0.495 e. The van der Waals surface area contributed by atoms with E-state index in [4.69, 9.17) is 9.15 Å². The van der Waals surface area contributed by atoms with Gasteiger partial charge in [-0.25, -0.2) is 8.42 Å². The summed E-state index contributed by atoms with van der Waals surface area (Å²) in [7, 11) is -2.17. The van der Waals surface area contributed by atoms with Crippen LogP contribution in [0.25, 0.3) is 6.08 Å². The zero-order chi connectivity index (χ0) is 18.9. The minimum absolute atomic E-state index is 0.171. The van der Waals surface area contributed by atoms with E-state index >= 15 is 0 Å². The Morgan fingerprint density at radius 2 is 1.85 bits per heavy atom. The molecule has 0 unspecified atom stereocenters. The molecule has 0 saturated carbocycles. The number of benzene rings is 2. The monoisotopic (exact) mass is 381 g/mol. The zero-order valence-corrected chi connectivity index (χ0v) is 15.6. The van der Waals surface area contributed by atoms with Gasteiger partial charge in [0.25, 0.3) is 0 Å². The smallest absolute Gasteiger partial charge is 0.210 e. The molecule has 2 heterocycles. The molecule has 138 valence electrons. The molecule has 2 aromatic carbocycles. The fourth-order valence-electron chi connectivity index (χ4n) is 3.14. The van der Waals surface area contributed by atoms with Gasteiger partial charge in [-0.1, -0.05) is 24.3 Å². The fraction of sp³-hybridized carbons (Fsp3) is 0.143. The van der Waals surface area contributed by atoms with Gasteiger partial charge >= 0.3 is 0 Å². The molecule has 27 heavy (non-hydrogen) atoms. The Labute approximate surface area is 158 Å². The van der Waals surface area contributed by atoms with Crippen molar-refractivity contribution in [3.8, 4) is 5.75 Å². The summed E-state index contributed by atoms with van der Waals surface area (Å²) < 4.78 is 36.5. The molecule has 1 aromatic heterocycles. The van der Waals surface area contributed by atoms with Gasteiger partial charge in [0.1, 0.15) is 16.4 Å². The lowest BCUT2D eigenvalue weighted by atomic mass is 10.1. The van der Waals surface area contributed by atoms with Crippen molar-refractivity contribution in [2.45, 2.75) is 22.9 Å². The van der Waals surface area contributed by atoms with Gasteiger partial charge in [0.05, 0.1) is 24.8 Å². The maximum Gasteiger partial charge on any atom is 0.210 e. The maximum atomic E-state index is 12.9. The topological polar surface area (TPSA) is 59.8 Å². The Balaban J connectivity index is 1.54. The van der Waals surface area contributed by atoms with Crippen molar-refractivity contribution < 1.29 is 17.6 Å². The molecule has 0 spiro atoms. The first-order valence-electron chi connectivity index (χ1n) is 8.53. The third kappa shape index (κ3) is 3.36. The summed E-state index contributed by atoms with van der Waals surface area (Å²) >= 11 is 0. The van der Waals surface area contributed by atoms with E-state index in [1.54, 1.807) is 42.7 Å². The molecule has 6 heteroatoms. The number of hydrogen-bond donors (Lipinski definition) is 0. The highest BCUT2D eigenvalue weighted by Gasteiger charge is 2.22. The number of rotatable bonds is 5. The average molecular weight is 381 g/mol. The van der Waals surface area contributed by atoms with Crippen LogP contribution in [0.5, 0.6) is 5.75 Å². The van der Waals surface area contributed by atoms with Crippen molar-refractivity contribution in [2.24, 2.45) is 0 Å². The lowest BCUT2D eigenvalue weighted by molar-refractivity contribution is 0.319. The zero-order valence-electron chi connectivity index (χ0n) is 14.8. The summed E-state index contributed by atoms with van der Waals surface area (Å²) in [6, 6.07) is 15.6. The first kappa shape index (κ1) is 17.4. The van der Waals surface area contributed by atoms with Crippen LogP contribution in [0.2, 0.25) is 0 Å². The minimum atomic E-state index is -3.63. The van der Waals surface area contributed by atoms with Gasteiger partial charge in [0.15, 0.2) is 0 Å². The van der Waals surface area contributed by atoms with Crippen molar-refractivity contribution in [1.29, 1.82) is 0 Å². The summed E-state index contributed by atoms with van der Waals surface area (Å²) in [5.74, 6) is 1.28. The molecule has 0 saturated heterocycles. The number of furan rings is 1. The van der Waals surface area contributed by atoms with Crippen LogP contribution in [-0.2, 0) is 22.9 Å². The molecule has 0 fully saturated rings. The highest BCUT2D eigenvalue weighted by Crippen LogP contribution is 2.29. The second kappa shape index (κ2) is 6.96. The van der Waals surface area contributed by atoms with Crippen LogP contribution in [0.15, 0.2) is 81.3 Å². The number of hydrogen-bond acceptors (Lipinski definition) is 5. The fourth-order valence-corrected chi connectivity index (χ4v) is 4.56. The van der Waals surface area contributed by atoms with E-state index in [-0.39, 0.29) is 9.79 Å². The van der Waals surface area contributed by atoms with Crippen LogP contribution in [0.4, 0.5) is 0 Å². The normalized spacial score (nSPS) is 13.4. The predicted octanol–water partition coefficient (Wildman–Crippen LogP) is 4.11. The lowest BCUT2D eigenvalue weighted by Crippen LogP contribution is -2.18. The summed E-state index contributed by atoms with van der Waals surface area (Å²) in [6.45, 7) is 1.37. The SMILES string of the molecule is COc1ccccc1S(=O)(=O)c1ccc(CN2C=Cc3ccoc3C2)cc1. The number of methoxy groups -OCH3 is 1. The van der Waals surface area contributed by atoms with Crippen LogP contribution in [0.3, 0.4) is 0 Å². The van der Waals surface area contributed by atoms with E-state index in [1.807, 2.05) is 30.5 Å². The van der Waals surface area contributed by atoms with Crippen LogP contribution in [0, 0.1) is 0 Å². The Bertz CT molecular complexity index is 1080. The Morgan fingerprint density at radius 3 is 2.63 bits per heavy atom. The van der Waals surface area contributed by atoms with Crippen LogP contribution < -0.4 is 4.74 Å². The molecular weight excluding hydrogens is 362 g/mol. The molecule has 0 aliphatic carbocycles. The molecule has 3 aromatic rings. The number of nitrogens with zero attached hydrogens (tertiary/aromatic N) is 1. The van der Waals surface area contributed by atoms with Gasteiger partial charge in [-0.05, 0) is 42.0 Å². The van der Waals surface area contributed by atoms with Crippen molar-refractivity contribution in [2.75, 3.05) is 7.11 Å². The summed E-state index contributed by atoms with van der Waals surface area (Å²) in [5, 5.41) is 0. The number of ether oxygens (including phenoxy) is 1. The van der Waals surface area contributed by atoms with Gasteiger partial charge in [-0.3, -0.25) is 0 Å². The second-order valence-electron chi connectivity index (χ2n) is 6.32. The highest BCUT2D eigenvalue weighted by atomic mass is 32.2. The molecular formula is C21H19NO4S. The number of fused-ring (bicyclic) bond motifs is 1. The molecule has 1 aliphatic rings. The maximum absolute atomic E-state index is 12.9. The Kier molecular flexibility index (Phi) is 4.49. The van der Waals surface area contributed by atoms with Gasteiger partial charge in [0.2, 0.25) is 9.84 Å². The molecule has 0 atom stereocenters. The van der Waals surface area contributed by atoms with Gasteiger partial charge < -0.3 is 14.1 Å². The molecule has 0 N–H and O–H groups in total. The first-order chi connectivity index (χ1) is 13.1. The van der Waals surface area contributed by atoms with Crippen LogP contribution in [0.1, 0.15) is 16.9 Å². The molecule has 0 amide bonds. The van der Waals surface area contributed by atoms with Crippen LogP contribution in [-0.4, -0.2) is 20.4 Å². The predicted molar refractivity (Wildman–Crippen MR) is 102 cm³/mol. The minimum Gasteiger partial charge on any atom is -0.495 e. The first-order valence-corrected chi connectivity index (χ1v) is 10.0. The summed E-state index contributed by atoms with van der Waals surface area (Å²) in [4.78, 5) is 2.54. The summed E-state index contributed by atoms with van der Waals surface area (Å²) in [6.07, 6.45) is 5.73. The van der Waals surface area contributed by atoms with E-state index in [0.29, 0.717) is 18.8 Å². The molecule has 4 rings (SSSR count). The van der Waals surface area contributed by atoms with Gasteiger partial charge in [-0.15, -0.1) is 0 Å². The number of sulfone groups is 1. The van der Waals surface area contributed by atoms with Crippen LogP contribution >= 0.6 is 0 Å². The Hall–Kier alpha value is -2.99. The number of para-hydroxylation sites is 1. The van der Waals surface area contributed by atoms with E-state index in [0.717, 1.165) is 16.9 Å². The van der Waals surface area contributed by atoms with Crippen molar-refractivity contribution in [1.82, 2.24) is 4.90 Å². The third-order valence-corrected chi connectivity index (χ3v) is 6.38. The van der Waals surface area contributed by atoms with Gasteiger partial charge in [-0.2, -0.15) is 0 Å². The average Bonchev–Trinajstić information content (AvgIpc) is 3.16. The lowest BCUT2D eigenvalue weighted by Gasteiger charge is -2.22. The summed E-state index contributed by atoms with van der Waals surface area (Å²) in [5.41, 5.74) is 2.12. The standard InChI is InChI=1S/C21H19NO4S/c1-25-19-4-2-3-5-21(19)27(23,24)18-8-6-16(7-9-18)14-22-12-10-17-11-13-26-20(17)15-22/h2-13H,14-15H2,1H3. The van der Waals surface area contributed by atoms with Gasteiger partial charge in [0, 0.05) is 18.3 Å². The molecule has 0 bridgehead atoms. The van der Waals surface area contributed by atoms with E-state index < -0.39 is 9.84 Å². The highest BCUT2D eigenvalue weighted by molar-refractivity contribution is 7.91. The molecule has 0 radical (unpaired) electrons. The molecule has 5 nitrogen and oxygen atoms in total. The molecule has 1 aliphatic heterocycles. The van der Waals surface area contributed by atoms with Crippen molar-refractivity contribution in [3.05, 3.63) is 83.9 Å². The van der Waals surface area contributed by atoms with E-state index in [1.165, 1.54) is 7.11 Å². The van der Waals surface area contributed by atoms with E-state index in [2.05, 4.69) is 4.90 Å². The third-order valence-electron chi connectivity index (χ3n) is 4.57. The van der Waals surface area contributed by atoms with Crippen molar-refractivity contribution in [3.63, 3.8) is 0 Å². The second-order valence-corrected chi connectivity index (χ2v) is 8.24. The quantitative estimate of drug-likeness (QED) is 0.666. The van der Waals surface area contributed by atoms with E-state index in [9.17, 15) is 8.42 Å².